The lowest BCUT2D eigenvalue weighted by molar-refractivity contribution is -0.116. The second-order valence-electron chi connectivity index (χ2n) is 8.80. The minimum atomic E-state index is -3.52. The molecule has 3 aromatic rings. The highest BCUT2D eigenvalue weighted by molar-refractivity contribution is 7.89. The smallest absolute Gasteiger partial charge is 0.243 e. The molecule has 0 radical (unpaired) electrons. The normalized spacial score (nSPS) is 14.7. The summed E-state index contributed by atoms with van der Waals surface area (Å²) in [5.74, 6) is 0.234. The Hall–Kier alpha value is -2.78. The largest absolute Gasteiger partial charge is 0.328 e. The summed E-state index contributed by atoms with van der Waals surface area (Å²) in [6, 6.07) is 9.40. The van der Waals surface area contributed by atoms with Gasteiger partial charge < -0.3 is 9.88 Å². The van der Waals surface area contributed by atoms with Crippen LogP contribution in [0, 0.1) is 12.7 Å². The highest BCUT2D eigenvalue weighted by atomic mass is 32.2. The summed E-state index contributed by atoms with van der Waals surface area (Å²) >= 11 is 0. The number of hydrogen-bond donors (Lipinski definition) is 1. The molecule has 0 saturated carbocycles. The molecule has 1 aliphatic heterocycles. The van der Waals surface area contributed by atoms with Crippen LogP contribution in [0.3, 0.4) is 0 Å². The number of halogens is 1. The molecule has 34 heavy (non-hydrogen) atoms. The zero-order valence-electron chi connectivity index (χ0n) is 19.7. The molecular weight excluding hydrogens is 455 g/mol. The van der Waals surface area contributed by atoms with Crippen molar-refractivity contribution in [3.63, 3.8) is 0 Å². The van der Waals surface area contributed by atoms with Crippen LogP contribution < -0.4 is 5.32 Å². The maximum Gasteiger partial charge on any atom is 0.243 e. The first-order valence-electron chi connectivity index (χ1n) is 11.8. The van der Waals surface area contributed by atoms with E-state index in [0.29, 0.717) is 36.3 Å². The Bertz CT molecular complexity index is 1300. The van der Waals surface area contributed by atoms with E-state index >= 15 is 0 Å². The van der Waals surface area contributed by atoms with E-state index in [1.807, 2.05) is 6.07 Å². The van der Waals surface area contributed by atoms with E-state index < -0.39 is 10.0 Å². The number of fused-ring (bicyclic) bond motifs is 1. The van der Waals surface area contributed by atoms with Gasteiger partial charge in [0.15, 0.2) is 0 Å². The lowest BCUT2D eigenvalue weighted by Gasteiger charge is -2.15. The van der Waals surface area contributed by atoms with Crippen molar-refractivity contribution >= 4 is 32.7 Å². The number of nitrogens with one attached hydrogen (secondary N) is 1. The summed E-state index contributed by atoms with van der Waals surface area (Å²) in [7, 11) is -3.52. The molecule has 4 rings (SSSR count). The van der Waals surface area contributed by atoms with Gasteiger partial charge in [-0.15, -0.1) is 0 Å². The molecule has 0 aliphatic carbocycles. The second kappa shape index (κ2) is 10.2. The number of benzene rings is 2. The summed E-state index contributed by atoms with van der Waals surface area (Å²) in [5, 5.41) is 2.84. The lowest BCUT2D eigenvalue weighted by atomic mass is 10.2. The van der Waals surface area contributed by atoms with Crippen LogP contribution in [0.4, 0.5) is 10.1 Å². The fourth-order valence-corrected chi connectivity index (χ4v) is 5.90. The maximum absolute atomic E-state index is 13.3. The van der Waals surface area contributed by atoms with E-state index in [2.05, 4.69) is 16.8 Å². The number of rotatable bonds is 9. The number of aryl methyl sites for hydroxylation is 3. The number of anilines is 1. The molecule has 0 atom stereocenters. The third-order valence-electron chi connectivity index (χ3n) is 6.28. The van der Waals surface area contributed by atoms with Crippen molar-refractivity contribution in [3.8, 4) is 0 Å². The second-order valence-corrected chi connectivity index (χ2v) is 10.7. The molecule has 0 unspecified atom stereocenters. The van der Waals surface area contributed by atoms with Crippen LogP contribution in [0.5, 0.6) is 0 Å². The zero-order chi connectivity index (χ0) is 24.3. The molecule has 1 aromatic heterocycles. The molecule has 0 spiro atoms. The average Bonchev–Trinajstić information content (AvgIpc) is 3.46. The number of aromatic nitrogens is 2. The Morgan fingerprint density at radius 1 is 1.15 bits per heavy atom. The van der Waals surface area contributed by atoms with Crippen LogP contribution in [0.25, 0.3) is 11.0 Å². The van der Waals surface area contributed by atoms with Crippen molar-refractivity contribution < 1.29 is 17.6 Å². The van der Waals surface area contributed by atoms with Crippen molar-refractivity contribution in [3.05, 3.63) is 53.6 Å². The van der Waals surface area contributed by atoms with E-state index in [1.165, 1.54) is 16.4 Å². The van der Waals surface area contributed by atoms with Crippen molar-refractivity contribution in [1.29, 1.82) is 0 Å². The highest BCUT2D eigenvalue weighted by Crippen LogP contribution is 2.26. The van der Waals surface area contributed by atoms with Gasteiger partial charge in [0.1, 0.15) is 11.6 Å². The summed E-state index contributed by atoms with van der Waals surface area (Å²) in [6.45, 7) is 5.71. The Kier molecular flexibility index (Phi) is 7.33. The van der Waals surface area contributed by atoms with Crippen molar-refractivity contribution in [2.45, 2.75) is 63.8 Å². The van der Waals surface area contributed by atoms with Gasteiger partial charge in [-0.1, -0.05) is 13.3 Å². The molecule has 1 aliphatic rings. The standard InChI is InChI=1S/C25H31FN4O3S/c1-3-4-15-30-23-10-8-20(34(32,33)29-13-5-6-14-29)17-22(23)27-24(30)11-12-25(31)28-21-9-7-19(26)16-18(21)2/h7-10,16-17H,3-6,11-15H2,1-2H3,(H,28,31). The Morgan fingerprint density at radius 2 is 1.91 bits per heavy atom. The van der Waals surface area contributed by atoms with Gasteiger partial charge in [-0.25, -0.2) is 17.8 Å². The van der Waals surface area contributed by atoms with E-state index in [4.69, 9.17) is 4.98 Å². The summed E-state index contributed by atoms with van der Waals surface area (Å²) < 4.78 is 42.9. The van der Waals surface area contributed by atoms with Gasteiger partial charge in [0, 0.05) is 38.2 Å². The zero-order valence-corrected chi connectivity index (χ0v) is 20.5. The molecule has 1 amide bonds. The average molecular weight is 487 g/mol. The van der Waals surface area contributed by atoms with Crippen LogP contribution in [0.15, 0.2) is 41.3 Å². The number of carbonyl (C=O) groups is 1. The van der Waals surface area contributed by atoms with Crippen LogP contribution in [0.2, 0.25) is 0 Å². The quantitative estimate of drug-likeness (QED) is 0.478. The number of nitrogens with zero attached hydrogens (tertiary/aromatic N) is 3. The van der Waals surface area contributed by atoms with E-state index in [0.717, 1.165) is 43.6 Å². The van der Waals surface area contributed by atoms with Gasteiger partial charge in [0.05, 0.1) is 15.9 Å². The van der Waals surface area contributed by atoms with Gasteiger partial charge in [0.2, 0.25) is 15.9 Å². The molecule has 9 heteroatoms. The third-order valence-corrected chi connectivity index (χ3v) is 8.17. The Labute approximate surface area is 200 Å². The highest BCUT2D eigenvalue weighted by Gasteiger charge is 2.28. The van der Waals surface area contributed by atoms with Crippen molar-refractivity contribution in [2.75, 3.05) is 18.4 Å². The predicted octanol–water partition coefficient (Wildman–Crippen LogP) is 4.64. The first-order chi connectivity index (χ1) is 16.3. The SMILES string of the molecule is CCCCn1c(CCC(=O)Nc2ccc(F)cc2C)nc2cc(S(=O)(=O)N3CCCC3)ccc21. The number of carbonyl (C=O) groups excluding carboxylic acids is 1. The molecular formula is C25H31FN4O3S. The first-order valence-corrected chi connectivity index (χ1v) is 13.3. The molecule has 182 valence electrons. The number of unbranched alkanes of at least 4 members (excludes halogenated alkanes) is 1. The van der Waals surface area contributed by atoms with Crippen LogP contribution in [-0.2, 0) is 27.8 Å². The third kappa shape index (κ3) is 5.15. The monoisotopic (exact) mass is 486 g/mol. The summed E-state index contributed by atoms with van der Waals surface area (Å²) in [6.07, 6.45) is 4.36. The van der Waals surface area contributed by atoms with Crippen LogP contribution in [-0.4, -0.2) is 41.3 Å². The molecule has 2 aromatic carbocycles. The molecule has 2 heterocycles. The van der Waals surface area contributed by atoms with Crippen molar-refractivity contribution in [2.24, 2.45) is 0 Å². The molecule has 7 nitrogen and oxygen atoms in total. The van der Waals surface area contributed by atoms with Gasteiger partial charge >= 0.3 is 0 Å². The van der Waals surface area contributed by atoms with Crippen LogP contribution >= 0.6 is 0 Å². The first kappa shape index (κ1) is 24.3. The Morgan fingerprint density at radius 3 is 2.62 bits per heavy atom. The van der Waals surface area contributed by atoms with E-state index in [1.54, 1.807) is 25.1 Å². The molecule has 1 N–H and O–H groups in total. The fourth-order valence-electron chi connectivity index (χ4n) is 4.36. The number of sulfonamides is 1. The predicted molar refractivity (Wildman–Crippen MR) is 131 cm³/mol. The lowest BCUT2D eigenvalue weighted by Crippen LogP contribution is -2.27. The fraction of sp³-hybridized carbons (Fsp3) is 0.440. The summed E-state index contributed by atoms with van der Waals surface area (Å²) in [4.78, 5) is 17.6. The number of hydrogen-bond acceptors (Lipinski definition) is 4. The minimum Gasteiger partial charge on any atom is -0.328 e. The van der Waals surface area contributed by atoms with Gasteiger partial charge in [0.25, 0.3) is 0 Å². The summed E-state index contributed by atoms with van der Waals surface area (Å²) in [5.41, 5.74) is 2.75. The van der Waals surface area contributed by atoms with Gasteiger partial charge in [-0.05, 0) is 68.1 Å². The van der Waals surface area contributed by atoms with Crippen molar-refractivity contribution in [1.82, 2.24) is 13.9 Å². The van der Waals surface area contributed by atoms with Gasteiger partial charge in [-0.2, -0.15) is 4.31 Å². The van der Waals surface area contributed by atoms with E-state index in [-0.39, 0.29) is 23.0 Å². The maximum atomic E-state index is 13.3. The van der Waals surface area contributed by atoms with Gasteiger partial charge in [-0.3, -0.25) is 4.79 Å². The minimum absolute atomic E-state index is 0.180. The number of amides is 1. The van der Waals surface area contributed by atoms with E-state index in [9.17, 15) is 17.6 Å². The molecule has 1 saturated heterocycles. The topological polar surface area (TPSA) is 84.3 Å². The molecule has 0 bridgehead atoms. The molecule has 1 fully saturated rings. The number of imidazole rings is 1. The Balaban J connectivity index is 1.56. The van der Waals surface area contributed by atoms with Crippen LogP contribution in [0.1, 0.15) is 50.4 Å².